The van der Waals surface area contributed by atoms with Crippen molar-refractivity contribution in [3.05, 3.63) is 34.4 Å². The van der Waals surface area contributed by atoms with Gasteiger partial charge in [-0.05, 0) is 31.4 Å². The van der Waals surface area contributed by atoms with E-state index in [1.165, 1.54) is 0 Å². The zero-order valence-electron chi connectivity index (χ0n) is 11.4. The topological polar surface area (TPSA) is 86.6 Å². The predicted octanol–water partition coefficient (Wildman–Crippen LogP) is 1.50. The Kier molecular flexibility index (Phi) is 5.06. The lowest BCUT2D eigenvalue weighted by Gasteiger charge is -2.14. The smallest absolute Gasteiger partial charge is 0.336 e. The van der Waals surface area contributed by atoms with Gasteiger partial charge in [0.05, 0.1) is 17.2 Å². The van der Waals surface area contributed by atoms with Crippen LogP contribution in [0.3, 0.4) is 0 Å². The standard InChI is InChI=1S/C14H19NO4/c1-4-10(16)7-15-13(17)11-8(2)5-6-9(3)12(11)14(18)19/h5-6,10,16H,4,7H2,1-3H3,(H,15,17)(H,18,19). The molecule has 0 aromatic heterocycles. The van der Waals surface area contributed by atoms with E-state index in [9.17, 15) is 19.8 Å². The number of hydrogen-bond acceptors (Lipinski definition) is 3. The zero-order valence-corrected chi connectivity index (χ0v) is 11.4. The van der Waals surface area contributed by atoms with Crippen molar-refractivity contribution in [1.29, 1.82) is 0 Å². The van der Waals surface area contributed by atoms with Gasteiger partial charge in [-0.1, -0.05) is 19.1 Å². The van der Waals surface area contributed by atoms with E-state index in [-0.39, 0.29) is 17.7 Å². The molecule has 0 aliphatic carbocycles. The van der Waals surface area contributed by atoms with E-state index in [1.807, 2.05) is 0 Å². The number of amides is 1. The molecule has 0 saturated carbocycles. The molecule has 0 fully saturated rings. The Labute approximate surface area is 112 Å². The van der Waals surface area contributed by atoms with Crippen molar-refractivity contribution in [2.75, 3.05) is 6.54 Å². The normalized spacial score (nSPS) is 12.0. The van der Waals surface area contributed by atoms with E-state index in [0.717, 1.165) is 0 Å². The van der Waals surface area contributed by atoms with Crippen LogP contribution in [-0.4, -0.2) is 34.7 Å². The molecule has 5 nitrogen and oxygen atoms in total. The third kappa shape index (κ3) is 3.54. The molecule has 0 aliphatic heterocycles. The Morgan fingerprint density at radius 2 is 1.74 bits per heavy atom. The van der Waals surface area contributed by atoms with Crippen LogP contribution in [0.2, 0.25) is 0 Å². The number of aliphatic hydroxyl groups is 1. The molecule has 0 aliphatic rings. The van der Waals surface area contributed by atoms with Crippen LogP contribution in [0.1, 0.15) is 45.2 Å². The lowest BCUT2D eigenvalue weighted by molar-refractivity contribution is 0.0689. The van der Waals surface area contributed by atoms with Gasteiger partial charge in [-0.25, -0.2) is 4.79 Å². The van der Waals surface area contributed by atoms with Crippen LogP contribution in [-0.2, 0) is 0 Å². The SMILES string of the molecule is CCC(O)CNC(=O)c1c(C)ccc(C)c1C(=O)O. The van der Waals surface area contributed by atoms with Gasteiger partial charge in [0.15, 0.2) is 0 Å². The van der Waals surface area contributed by atoms with Crippen LogP contribution in [0.15, 0.2) is 12.1 Å². The first kappa shape index (κ1) is 15.2. The first-order valence-electron chi connectivity index (χ1n) is 6.18. The van der Waals surface area contributed by atoms with Crippen molar-refractivity contribution >= 4 is 11.9 Å². The summed E-state index contributed by atoms with van der Waals surface area (Å²) < 4.78 is 0. The summed E-state index contributed by atoms with van der Waals surface area (Å²) in [6.45, 7) is 5.26. The number of rotatable bonds is 5. The number of carbonyl (C=O) groups is 2. The van der Waals surface area contributed by atoms with E-state index in [1.54, 1.807) is 32.9 Å². The Balaban J connectivity index is 3.08. The molecule has 0 saturated heterocycles. The molecule has 1 rings (SSSR count). The summed E-state index contributed by atoms with van der Waals surface area (Å²) in [6, 6.07) is 3.39. The van der Waals surface area contributed by atoms with Crippen molar-refractivity contribution in [3.63, 3.8) is 0 Å². The van der Waals surface area contributed by atoms with E-state index in [0.29, 0.717) is 17.5 Å². The van der Waals surface area contributed by atoms with Crippen molar-refractivity contribution in [1.82, 2.24) is 5.32 Å². The minimum Gasteiger partial charge on any atom is -0.478 e. The molecule has 0 bridgehead atoms. The molecular weight excluding hydrogens is 246 g/mol. The summed E-state index contributed by atoms with van der Waals surface area (Å²) in [5, 5.41) is 21.2. The fourth-order valence-electron chi connectivity index (χ4n) is 1.82. The van der Waals surface area contributed by atoms with Crippen LogP contribution in [0, 0.1) is 13.8 Å². The maximum absolute atomic E-state index is 12.1. The van der Waals surface area contributed by atoms with Gasteiger partial charge in [-0.15, -0.1) is 0 Å². The molecule has 104 valence electrons. The molecule has 1 amide bonds. The lowest BCUT2D eigenvalue weighted by atomic mass is 9.96. The average Bonchev–Trinajstić information content (AvgIpc) is 2.37. The summed E-state index contributed by atoms with van der Waals surface area (Å²) in [6.07, 6.45) is -0.0962. The summed E-state index contributed by atoms with van der Waals surface area (Å²) in [5.41, 5.74) is 1.32. The summed E-state index contributed by atoms with van der Waals surface area (Å²) >= 11 is 0. The van der Waals surface area contributed by atoms with Crippen LogP contribution < -0.4 is 5.32 Å². The van der Waals surface area contributed by atoms with Gasteiger partial charge in [0.2, 0.25) is 0 Å². The monoisotopic (exact) mass is 265 g/mol. The minimum absolute atomic E-state index is 0.0171. The first-order chi connectivity index (χ1) is 8.88. The second-order valence-corrected chi connectivity index (χ2v) is 4.53. The molecule has 1 unspecified atom stereocenters. The number of carbonyl (C=O) groups excluding carboxylic acids is 1. The third-order valence-corrected chi connectivity index (χ3v) is 3.03. The molecule has 1 atom stereocenters. The van der Waals surface area contributed by atoms with E-state index < -0.39 is 18.0 Å². The average molecular weight is 265 g/mol. The molecule has 5 heteroatoms. The highest BCUT2D eigenvalue weighted by Crippen LogP contribution is 2.18. The van der Waals surface area contributed by atoms with Gasteiger partial charge in [-0.3, -0.25) is 4.79 Å². The highest BCUT2D eigenvalue weighted by molar-refractivity contribution is 6.06. The molecule has 0 heterocycles. The highest BCUT2D eigenvalue weighted by atomic mass is 16.4. The number of carboxylic acid groups (broad SMARTS) is 1. The number of benzene rings is 1. The molecule has 0 radical (unpaired) electrons. The van der Waals surface area contributed by atoms with Gasteiger partial charge in [0.1, 0.15) is 0 Å². The van der Waals surface area contributed by atoms with Crippen molar-refractivity contribution in [2.45, 2.75) is 33.3 Å². The first-order valence-corrected chi connectivity index (χ1v) is 6.18. The van der Waals surface area contributed by atoms with E-state index >= 15 is 0 Å². The third-order valence-electron chi connectivity index (χ3n) is 3.03. The number of aliphatic hydroxyl groups excluding tert-OH is 1. The van der Waals surface area contributed by atoms with Crippen molar-refractivity contribution < 1.29 is 19.8 Å². The Bertz CT molecular complexity index is 496. The predicted molar refractivity (Wildman–Crippen MR) is 71.5 cm³/mol. The lowest BCUT2D eigenvalue weighted by Crippen LogP contribution is -2.33. The summed E-state index contributed by atoms with van der Waals surface area (Å²) in [4.78, 5) is 23.3. The van der Waals surface area contributed by atoms with Gasteiger partial charge < -0.3 is 15.5 Å². The maximum Gasteiger partial charge on any atom is 0.336 e. The number of aryl methyl sites for hydroxylation is 2. The van der Waals surface area contributed by atoms with Crippen molar-refractivity contribution in [3.8, 4) is 0 Å². The second kappa shape index (κ2) is 6.33. The molecule has 1 aromatic carbocycles. The van der Waals surface area contributed by atoms with Crippen LogP contribution in [0.25, 0.3) is 0 Å². The fourth-order valence-corrected chi connectivity index (χ4v) is 1.82. The van der Waals surface area contributed by atoms with Crippen LogP contribution in [0.5, 0.6) is 0 Å². The van der Waals surface area contributed by atoms with Crippen LogP contribution >= 0.6 is 0 Å². The zero-order chi connectivity index (χ0) is 14.6. The largest absolute Gasteiger partial charge is 0.478 e. The Morgan fingerprint density at radius 3 is 2.21 bits per heavy atom. The number of aromatic carboxylic acids is 1. The molecule has 19 heavy (non-hydrogen) atoms. The maximum atomic E-state index is 12.1. The summed E-state index contributed by atoms with van der Waals surface area (Å²) in [5.74, 6) is -1.59. The molecule has 1 aromatic rings. The number of carboxylic acids is 1. The van der Waals surface area contributed by atoms with Crippen LogP contribution in [0.4, 0.5) is 0 Å². The molecule has 3 N–H and O–H groups in total. The number of hydrogen-bond donors (Lipinski definition) is 3. The molecule has 0 spiro atoms. The van der Waals surface area contributed by atoms with Crippen molar-refractivity contribution in [2.24, 2.45) is 0 Å². The fraction of sp³-hybridized carbons (Fsp3) is 0.429. The Morgan fingerprint density at radius 1 is 1.21 bits per heavy atom. The number of nitrogens with one attached hydrogen (secondary N) is 1. The van der Waals surface area contributed by atoms with E-state index in [2.05, 4.69) is 5.32 Å². The van der Waals surface area contributed by atoms with Gasteiger partial charge in [0.25, 0.3) is 5.91 Å². The quantitative estimate of drug-likeness (QED) is 0.753. The van der Waals surface area contributed by atoms with Gasteiger partial charge in [-0.2, -0.15) is 0 Å². The summed E-state index contributed by atoms with van der Waals surface area (Å²) in [7, 11) is 0. The molecular formula is C14H19NO4. The Hall–Kier alpha value is -1.88. The van der Waals surface area contributed by atoms with E-state index in [4.69, 9.17) is 0 Å². The van der Waals surface area contributed by atoms with Gasteiger partial charge >= 0.3 is 5.97 Å². The highest BCUT2D eigenvalue weighted by Gasteiger charge is 2.21. The van der Waals surface area contributed by atoms with Gasteiger partial charge in [0, 0.05) is 6.54 Å². The second-order valence-electron chi connectivity index (χ2n) is 4.53. The minimum atomic E-state index is -1.12.